The summed E-state index contributed by atoms with van der Waals surface area (Å²) in [4.78, 5) is 11.3. The number of thioether (sulfide) groups is 1. The van der Waals surface area contributed by atoms with Crippen molar-refractivity contribution in [2.24, 2.45) is 5.92 Å². The summed E-state index contributed by atoms with van der Waals surface area (Å²) in [5.41, 5.74) is 0.544. The summed E-state index contributed by atoms with van der Waals surface area (Å²) >= 11 is 1.15. The second kappa shape index (κ2) is 4.61. The fourth-order valence-electron chi connectivity index (χ4n) is 2.21. The molecule has 0 spiro atoms. The van der Waals surface area contributed by atoms with Gasteiger partial charge in [-0.3, -0.25) is 4.79 Å². The molecule has 1 aromatic carbocycles. The Hall–Kier alpha value is -0.970. The highest BCUT2D eigenvalue weighted by Gasteiger charge is 2.35. The molecule has 0 radical (unpaired) electrons. The third-order valence-electron chi connectivity index (χ3n) is 3.02. The van der Waals surface area contributed by atoms with Crippen molar-refractivity contribution >= 4 is 16.9 Å². The molecule has 0 unspecified atom stereocenters. The van der Waals surface area contributed by atoms with E-state index in [1.165, 1.54) is 6.07 Å². The van der Waals surface area contributed by atoms with Crippen LogP contribution in [0.5, 0.6) is 0 Å². The number of hydrogen-bond donors (Lipinski definition) is 0. The van der Waals surface area contributed by atoms with Crippen LogP contribution in [0.1, 0.15) is 35.3 Å². The van der Waals surface area contributed by atoms with Crippen LogP contribution in [0.4, 0.5) is 13.2 Å². The fraction of sp³-hybridized carbons (Fsp3) is 0.462. The second-order valence-electron chi connectivity index (χ2n) is 4.72. The van der Waals surface area contributed by atoms with Gasteiger partial charge in [0.2, 0.25) is 0 Å². The molecule has 1 aliphatic rings. The third kappa shape index (κ3) is 2.71. The molecule has 0 amide bonds. The van der Waals surface area contributed by atoms with Crippen molar-refractivity contribution < 1.29 is 18.0 Å². The molecule has 1 saturated heterocycles. The molecule has 5 heteroatoms. The van der Waals surface area contributed by atoms with Crippen molar-refractivity contribution in [3.05, 3.63) is 34.9 Å². The Morgan fingerprint density at radius 1 is 1.28 bits per heavy atom. The number of halogens is 3. The van der Waals surface area contributed by atoms with E-state index < -0.39 is 11.7 Å². The molecule has 1 aliphatic heterocycles. The summed E-state index contributed by atoms with van der Waals surface area (Å²) in [6, 6.07) is 4.04. The van der Waals surface area contributed by atoms with Crippen molar-refractivity contribution in [2.45, 2.75) is 31.7 Å². The lowest BCUT2D eigenvalue weighted by Crippen LogP contribution is -2.08. The minimum Gasteiger partial charge on any atom is -0.287 e. The Bertz CT molecular complexity index is 482. The Morgan fingerprint density at radius 2 is 1.94 bits per heavy atom. The predicted octanol–water partition coefficient (Wildman–Crippen LogP) is 4.35. The molecular formula is C13H13F3OS. The lowest BCUT2D eigenvalue weighted by Gasteiger charge is -2.17. The zero-order chi connectivity index (χ0) is 13.5. The van der Waals surface area contributed by atoms with Crippen LogP contribution in [-0.2, 0) is 11.0 Å². The van der Waals surface area contributed by atoms with E-state index in [0.717, 1.165) is 17.8 Å². The van der Waals surface area contributed by atoms with Gasteiger partial charge in [-0.05, 0) is 30.5 Å². The lowest BCUT2D eigenvalue weighted by molar-refractivity contribution is -0.137. The van der Waals surface area contributed by atoms with Crippen LogP contribution in [0.2, 0.25) is 0 Å². The molecule has 1 aromatic rings. The van der Waals surface area contributed by atoms with Crippen LogP contribution in [0.3, 0.4) is 0 Å². The Morgan fingerprint density at radius 3 is 2.44 bits per heavy atom. The summed E-state index contributed by atoms with van der Waals surface area (Å²) in [5, 5.41) is -0.0962. The predicted molar refractivity (Wildman–Crippen MR) is 65.3 cm³/mol. The average Bonchev–Trinajstić information content (AvgIpc) is 2.55. The standard InChI is InChI=1S/C13H13F3OS/c1-7-3-9(6-10(4-7)13(14,15)16)12-8(2)5-11(17)18-12/h3-4,6,8,12H,5H2,1-2H3/t8-,12+/m1/s1. The van der Waals surface area contributed by atoms with Gasteiger partial charge in [-0.25, -0.2) is 0 Å². The van der Waals surface area contributed by atoms with E-state index in [-0.39, 0.29) is 16.3 Å². The first-order chi connectivity index (χ1) is 8.27. The van der Waals surface area contributed by atoms with Crippen molar-refractivity contribution in [1.29, 1.82) is 0 Å². The molecule has 0 saturated carbocycles. The molecule has 0 N–H and O–H groups in total. The van der Waals surface area contributed by atoms with E-state index in [2.05, 4.69) is 0 Å². The average molecular weight is 274 g/mol. The van der Waals surface area contributed by atoms with Gasteiger partial charge in [-0.2, -0.15) is 13.2 Å². The van der Waals surface area contributed by atoms with E-state index in [1.807, 2.05) is 6.92 Å². The molecule has 1 nitrogen and oxygen atoms in total. The van der Waals surface area contributed by atoms with E-state index in [1.54, 1.807) is 13.0 Å². The molecule has 2 rings (SSSR count). The van der Waals surface area contributed by atoms with Gasteiger partial charge < -0.3 is 0 Å². The zero-order valence-electron chi connectivity index (χ0n) is 10.0. The quantitative estimate of drug-likeness (QED) is 0.757. The van der Waals surface area contributed by atoms with Gasteiger partial charge in [0.1, 0.15) is 0 Å². The number of alkyl halides is 3. The van der Waals surface area contributed by atoms with Crippen LogP contribution < -0.4 is 0 Å². The molecule has 1 heterocycles. The van der Waals surface area contributed by atoms with Gasteiger partial charge >= 0.3 is 6.18 Å². The molecule has 18 heavy (non-hydrogen) atoms. The minimum absolute atomic E-state index is 0.0579. The van der Waals surface area contributed by atoms with Crippen molar-refractivity contribution in [3.63, 3.8) is 0 Å². The first-order valence-corrected chi connectivity index (χ1v) is 6.53. The minimum atomic E-state index is -4.34. The number of carbonyl (C=O) groups is 1. The SMILES string of the molecule is Cc1cc([C@H]2SC(=O)C[C@H]2C)cc(C(F)(F)F)c1. The Balaban J connectivity index is 2.40. The van der Waals surface area contributed by atoms with Crippen molar-refractivity contribution in [2.75, 3.05) is 0 Å². The number of carbonyl (C=O) groups excluding carboxylic acids is 1. The summed E-state index contributed by atoms with van der Waals surface area (Å²) in [6.45, 7) is 3.54. The van der Waals surface area contributed by atoms with Crippen molar-refractivity contribution in [3.8, 4) is 0 Å². The Kier molecular flexibility index (Phi) is 3.45. The molecule has 2 atom stereocenters. The zero-order valence-corrected chi connectivity index (χ0v) is 10.9. The first kappa shape index (κ1) is 13.5. The van der Waals surface area contributed by atoms with Gasteiger partial charge in [-0.1, -0.05) is 30.3 Å². The number of hydrogen-bond acceptors (Lipinski definition) is 2. The number of rotatable bonds is 1. The number of aryl methyl sites for hydroxylation is 1. The smallest absolute Gasteiger partial charge is 0.287 e. The highest BCUT2D eigenvalue weighted by molar-refractivity contribution is 8.14. The van der Waals surface area contributed by atoms with Gasteiger partial charge in [0.25, 0.3) is 0 Å². The van der Waals surface area contributed by atoms with Crippen LogP contribution in [0, 0.1) is 12.8 Å². The summed E-state index contributed by atoms with van der Waals surface area (Å²) < 4.78 is 38.2. The molecule has 0 aromatic heterocycles. The van der Waals surface area contributed by atoms with Gasteiger partial charge in [0.05, 0.1) is 5.56 Å². The van der Waals surface area contributed by atoms with Crippen LogP contribution in [-0.4, -0.2) is 5.12 Å². The van der Waals surface area contributed by atoms with E-state index in [9.17, 15) is 18.0 Å². The van der Waals surface area contributed by atoms with E-state index in [4.69, 9.17) is 0 Å². The summed E-state index contributed by atoms with van der Waals surface area (Å²) in [5.74, 6) is 0.0883. The van der Waals surface area contributed by atoms with E-state index in [0.29, 0.717) is 17.5 Å². The molecule has 0 aliphatic carbocycles. The normalized spacial score (nSPS) is 24.6. The fourth-order valence-corrected chi connectivity index (χ4v) is 3.46. The highest BCUT2D eigenvalue weighted by Crippen LogP contribution is 2.46. The molecular weight excluding hydrogens is 261 g/mol. The van der Waals surface area contributed by atoms with Gasteiger partial charge in [0.15, 0.2) is 5.12 Å². The highest BCUT2D eigenvalue weighted by atomic mass is 32.2. The molecule has 1 fully saturated rings. The largest absolute Gasteiger partial charge is 0.416 e. The second-order valence-corrected chi connectivity index (χ2v) is 5.92. The van der Waals surface area contributed by atoms with Gasteiger partial charge in [0, 0.05) is 11.7 Å². The maximum Gasteiger partial charge on any atom is 0.416 e. The molecule has 0 bridgehead atoms. The number of benzene rings is 1. The first-order valence-electron chi connectivity index (χ1n) is 5.65. The maximum absolute atomic E-state index is 12.7. The Labute approximate surface area is 108 Å². The van der Waals surface area contributed by atoms with Gasteiger partial charge in [-0.15, -0.1) is 0 Å². The van der Waals surface area contributed by atoms with Crippen LogP contribution >= 0.6 is 11.8 Å². The van der Waals surface area contributed by atoms with E-state index >= 15 is 0 Å². The lowest BCUT2D eigenvalue weighted by atomic mass is 9.95. The monoisotopic (exact) mass is 274 g/mol. The topological polar surface area (TPSA) is 17.1 Å². The maximum atomic E-state index is 12.7. The van der Waals surface area contributed by atoms with Crippen molar-refractivity contribution in [1.82, 2.24) is 0 Å². The van der Waals surface area contributed by atoms with Crippen LogP contribution in [0.15, 0.2) is 18.2 Å². The summed E-state index contributed by atoms with van der Waals surface area (Å²) in [6.07, 6.45) is -3.90. The summed E-state index contributed by atoms with van der Waals surface area (Å²) in [7, 11) is 0. The third-order valence-corrected chi connectivity index (χ3v) is 4.44. The molecule has 98 valence electrons. The van der Waals surface area contributed by atoms with Crippen LogP contribution in [0.25, 0.3) is 0 Å².